The second-order valence-corrected chi connectivity index (χ2v) is 3.28. The van der Waals surface area contributed by atoms with E-state index in [1.165, 1.54) is 11.8 Å². The molecule has 55 valence electrons. The highest BCUT2D eigenvalue weighted by Crippen LogP contribution is 2.20. The summed E-state index contributed by atoms with van der Waals surface area (Å²) in [6, 6.07) is 10.3. The standard InChI is InChI=1S/C8H5ClNS/c9-7-2-1-3-8(6-7)11-5-4-10/h1,3,6H,5H2. The minimum absolute atomic E-state index is 0.459. The topological polar surface area (TPSA) is 23.8 Å². The summed E-state index contributed by atoms with van der Waals surface area (Å²) in [5.74, 6) is 0.459. The second kappa shape index (κ2) is 4.27. The van der Waals surface area contributed by atoms with Crippen molar-refractivity contribution < 1.29 is 0 Å². The minimum atomic E-state index is 0.459. The lowest BCUT2D eigenvalue weighted by molar-refractivity contribution is 1.44. The molecular weight excluding hydrogens is 178 g/mol. The molecule has 0 aromatic heterocycles. The molecule has 0 N–H and O–H groups in total. The van der Waals surface area contributed by atoms with Gasteiger partial charge in [0.2, 0.25) is 0 Å². The quantitative estimate of drug-likeness (QED) is 0.657. The van der Waals surface area contributed by atoms with Crippen molar-refractivity contribution in [3.05, 3.63) is 29.3 Å². The Kier molecular flexibility index (Phi) is 3.28. The summed E-state index contributed by atoms with van der Waals surface area (Å²) in [6.45, 7) is 0. The van der Waals surface area contributed by atoms with Gasteiger partial charge in [0.1, 0.15) is 0 Å². The lowest BCUT2D eigenvalue weighted by Crippen LogP contribution is -1.73. The first-order valence-electron chi connectivity index (χ1n) is 3.00. The Morgan fingerprint density at radius 3 is 3.18 bits per heavy atom. The summed E-state index contributed by atoms with van der Waals surface area (Å²) in [5, 5.41) is 8.88. The molecule has 0 bridgehead atoms. The largest absolute Gasteiger partial charge is 0.197 e. The van der Waals surface area contributed by atoms with Crippen LogP contribution >= 0.6 is 23.4 Å². The third-order valence-electron chi connectivity index (χ3n) is 1.04. The molecule has 0 fully saturated rings. The fourth-order valence-electron chi connectivity index (χ4n) is 0.623. The van der Waals surface area contributed by atoms with Crippen molar-refractivity contribution >= 4 is 23.4 Å². The number of benzene rings is 1. The SMILES string of the molecule is N#CCSc1cc[c]c(Cl)c1. The highest BCUT2D eigenvalue weighted by molar-refractivity contribution is 7.99. The number of hydrogen-bond acceptors (Lipinski definition) is 2. The van der Waals surface area contributed by atoms with Gasteiger partial charge in [0.15, 0.2) is 0 Å². The average molecular weight is 183 g/mol. The molecule has 1 nitrogen and oxygen atoms in total. The fraction of sp³-hybridized carbons (Fsp3) is 0.125. The van der Waals surface area contributed by atoms with E-state index in [0.29, 0.717) is 10.8 Å². The Hall–Kier alpha value is -0.650. The van der Waals surface area contributed by atoms with E-state index in [0.717, 1.165) is 4.90 Å². The zero-order valence-electron chi connectivity index (χ0n) is 5.67. The van der Waals surface area contributed by atoms with Gasteiger partial charge in [0.05, 0.1) is 11.8 Å². The molecule has 0 unspecified atom stereocenters. The maximum Gasteiger partial charge on any atom is 0.0855 e. The summed E-state index contributed by atoms with van der Waals surface area (Å²) >= 11 is 7.14. The monoisotopic (exact) mass is 182 g/mol. The second-order valence-electron chi connectivity index (χ2n) is 1.82. The van der Waals surface area contributed by atoms with Gasteiger partial charge in [-0.2, -0.15) is 5.26 Å². The number of nitriles is 1. The van der Waals surface area contributed by atoms with E-state index in [-0.39, 0.29) is 0 Å². The van der Waals surface area contributed by atoms with Gasteiger partial charge in [-0.05, 0) is 12.1 Å². The number of halogens is 1. The first-order valence-corrected chi connectivity index (χ1v) is 4.36. The van der Waals surface area contributed by atoms with Crippen molar-refractivity contribution in [3.63, 3.8) is 0 Å². The molecule has 1 rings (SSSR count). The lowest BCUT2D eigenvalue weighted by Gasteiger charge is -1.95. The van der Waals surface area contributed by atoms with Gasteiger partial charge in [0, 0.05) is 16.0 Å². The molecule has 0 aliphatic carbocycles. The molecule has 0 saturated heterocycles. The number of rotatable bonds is 2. The Labute approximate surface area is 75.0 Å². The van der Waals surface area contributed by atoms with Crippen LogP contribution in [0.2, 0.25) is 5.02 Å². The summed E-state index contributed by atoms with van der Waals surface area (Å²) in [5.41, 5.74) is 0. The highest BCUT2D eigenvalue weighted by Gasteiger charge is 1.93. The summed E-state index contributed by atoms with van der Waals surface area (Å²) in [6.07, 6.45) is 0. The molecule has 1 radical (unpaired) electrons. The normalized spacial score (nSPS) is 9.09. The van der Waals surface area contributed by atoms with Crippen molar-refractivity contribution in [1.29, 1.82) is 5.26 Å². The fourth-order valence-corrected chi connectivity index (χ4v) is 1.47. The third kappa shape index (κ3) is 2.83. The molecular formula is C8H5ClNS. The van der Waals surface area contributed by atoms with E-state index < -0.39 is 0 Å². The van der Waals surface area contributed by atoms with Crippen LogP contribution in [0.3, 0.4) is 0 Å². The average Bonchev–Trinajstić information content (AvgIpc) is 2.01. The zero-order chi connectivity index (χ0) is 8.10. The number of nitrogens with zero attached hydrogens (tertiary/aromatic N) is 1. The maximum absolute atomic E-state index is 8.29. The zero-order valence-corrected chi connectivity index (χ0v) is 7.25. The van der Waals surface area contributed by atoms with Crippen LogP contribution in [0.4, 0.5) is 0 Å². The van der Waals surface area contributed by atoms with Crippen LogP contribution in [0.1, 0.15) is 0 Å². The van der Waals surface area contributed by atoms with Crippen molar-refractivity contribution in [2.75, 3.05) is 5.75 Å². The molecule has 1 aromatic rings. The molecule has 0 heterocycles. The molecule has 3 heteroatoms. The van der Waals surface area contributed by atoms with Crippen LogP contribution in [0.25, 0.3) is 0 Å². The number of thioether (sulfide) groups is 1. The van der Waals surface area contributed by atoms with Gasteiger partial charge in [0.25, 0.3) is 0 Å². The molecule has 0 aliphatic rings. The summed E-state index contributed by atoms with van der Waals surface area (Å²) in [7, 11) is 0. The van der Waals surface area contributed by atoms with Gasteiger partial charge < -0.3 is 0 Å². The van der Waals surface area contributed by atoms with Gasteiger partial charge in [-0.15, -0.1) is 11.8 Å². The van der Waals surface area contributed by atoms with E-state index in [4.69, 9.17) is 16.9 Å². The lowest BCUT2D eigenvalue weighted by atomic mass is 10.4. The number of hydrogen-bond donors (Lipinski definition) is 0. The third-order valence-corrected chi connectivity index (χ3v) is 2.12. The van der Waals surface area contributed by atoms with E-state index in [1.807, 2.05) is 12.1 Å². The van der Waals surface area contributed by atoms with E-state index in [9.17, 15) is 0 Å². The Balaban J connectivity index is 2.65. The molecule has 0 atom stereocenters. The maximum atomic E-state index is 8.29. The van der Waals surface area contributed by atoms with E-state index in [1.54, 1.807) is 12.1 Å². The van der Waals surface area contributed by atoms with Crippen LogP contribution in [0.5, 0.6) is 0 Å². The molecule has 11 heavy (non-hydrogen) atoms. The smallest absolute Gasteiger partial charge is 0.0855 e. The van der Waals surface area contributed by atoms with Crippen LogP contribution in [0.15, 0.2) is 23.1 Å². The van der Waals surface area contributed by atoms with Gasteiger partial charge in [-0.25, -0.2) is 0 Å². The van der Waals surface area contributed by atoms with E-state index in [2.05, 4.69) is 6.07 Å². The Morgan fingerprint density at radius 2 is 2.55 bits per heavy atom. The van der Waals surface area contributed by atoms with E-state index >= 15 is 0 Å². The summed E-state index contributed by atoms with van der Waals surface area (Å²) in [4.78, 5) is 1.01. The highest BCUT2D eigenvalue weighted by atomic mass is 35.5. The predicted molar refractivity (Wildman–Crippen MR) is 46.6 cm³/mol. The molecule has 0 spiro atoms. The summed E-state index contributed by atoms with van der Waals surface area (Å²) < 4.78 is 0. The molecule has 0 amide bonds. The molecule has 0 saturated carbocycles. The molecule has 1 aromatic carbocycles. The van der Waals surface area contributed by atoms with Gasteiger partial charge in [-0.3, -0.25) is 0 Å². The van der Waals surface area contributed by atoms with Gasteiger partial charge in [-0.1, -0.05) is 17.7 Å². The molecule has 0 aliphatic heterocycles. The first kappa shape index (κ1) is 8.45. The van der Waals surface area contributed by atoms with Crippen molar-refractivity contribution in [1.82, 2.24) is 0 Å². The predicted octanol–water partition coefficient (Wildman–Crippen LogP) is 2.76. The minimum Gasteiger partial charge on any atom is -0.197 e. The van der Waals surface area contributed by atoms with Crippen LogP contribution in [0, 0.1) is 17.4 Å². The van der Waals surface area contributed by atoms with Crippen molar-refractivity contribution in [2.24, 2.45) is 0 Å². The van der Waals surface area contributed by atoms with Crippen molar-refractivity contribution in [3.8, 4) is 6.07 Å². The van der Waals surface area contributed by atoms with Crippen LogP contribution in [-0.2, 0) is 0 Å². The van der Waals surface area contributed by atoms with Gasteiger partial charge >= 0.3 is 0 Å². The first-order chi connectivity index (χ1) is 5.33. The van der Waals surface area contributed by atoms with Crippen LogP contribution in [-0.4, -0.2) is 5.75 Å². The van der Waals surface area contributed by atoms with Crippen LogP contribution < -0.4 is 0 Å². The Morgan fingerprint density at radius 1 is 1.73 bits per heavy atom. The Bertz CT molecular complexity index is 280. The van der Waals surface area contributed by atoms with Crippen molar-refractivity contribution in [2.45, 2.75) is 4.90 Å².